The molecule has 30 heavy (non-hydrogen) atoms. The minimum absolute atomic E-state index is 0.197. The first-order chi connectivity index (χ1) is 14.5. The van der Waals surface area contributed by atoms with Crippen LogP contribution in [0.1, 0.15) is 31.2 Å². The van der Waals surface area contributed by atoms with Gasteiger partial charge in [-0.05, 0) is 56.5 Å². The Morgan fingerprint density at radius 3 is 2.67 bits per heavy atom. The van der Waals surface area contributed by atoms with Crippen LogP contribution >= 0.6 is 11.6 Å². The molecule has 0 spiro atoms. The Morgan fingerprint density at radius 2 is 2.00 bits per heavy atom. The number of carbonyl (C=O) groups is 1. The molecule has 0 atom stereocenters. The summed E-state index contributed by atoms with van der Waals surface area (Å²) in [4.78, 5) is 14.4. The number of likely N-dealkylation sites (tertiary alicyclic amines) is 1. The van der Waals surface area contributed by atoms with Gasteiger partial charge >= 0.3 is 6.03 Å². The maximum absolute atomic E-state index is 11.8. The monoisotopic (exact) mass is 428 g/mol. The zero-order valence-corrected chi connectivity index (χ0v) is 17.9. The van der Waals surface area contributed by atoms with Gasteiger partial charge in [-0.1, -0.05) is 11.6 Å². The van der Waals surface area contributed by atoms with E-state index in [2.05, 4.69) is 33.4 Å². The number of amides is 1. The molecule has 0 unspecified atom stereocenters. The maximum Gasteiger partial charge on any atom is 0.341 e. The van der Waals surface area contributed by atoms with Gasteiger partial charge in [0.1, 0.15) is 5.69 Å². The number of nitrogens with one attached hydrogen (secondary N) is 1. The van der Waals surface area contributed by atoms with Crippen molar-refractivity contribution < 1.29 is 9.53 Å². The van der Waals surface area contributed by atoms with Crippen LogP contribution in [0.3, 0.4) is 0 Å². The number of rotatable bonds is 3. The molecule has 2 aliphatic rings. The summed E-state index contributed by atoms with van der Waals surface area (Å²) >= 11 is 6.68. The third kappa shape index (κ3) is 3.19. The number of nitrogens with zero attached hydrogens (tertiary/aromatic N) is 5. The van der Waals surface area contributed by atoms with E-state index in [1.807, 2.05) is 10.7 Å². The first-order valence-electron chi connectivity index (χ1n) is 10.3. The van der Waals surface area contributed by atoms with Crippen molar-refractivity contribution >= 4 is 28.5 Å². The lowest BCUT2D eigenvalue weighted by atomic mass is 9.86. The molecule has 0 aliphatic carbocycles. The van der Waals surface area contributed by atoms with Crippen LogP contribution < -0.4 is 5.32 Å². The zero-order chi connectivity index (χ0) is 20.9. The first kappa shape index (κ1) is 19.5. The smallest absolute Gasteiger partial charge is 0.341 e. The number of carbonyl (C=O) groups excluding carboxylic acids is 1. The second kappa shape index (κ2) is 7.37. The fourth-order valence-electron chi connectivity index (χ4n) is 4.54. The van der Waals surface area contributed by atoms with E-state index in [0.717, 1.165) is 60.8 Å². The fraction of sp³-hybridized carbons (Fsp3) is 0.476. The highest BCUT2D eigenvalue weighted by atomic mass is 35.5. The summed E-state index contributed by atoms with van der Waals surface area (Å²) in [6, 6.07) is 3.85. The summed E-state index contributed by atoms with van der Waals surface area (Å²) in [5, 5.41) is 13.0. The predicted octanol–water partition coefficient (Wildman–Crippen LogP) is 3.03. The van der Waals surface area contributed by atoms with E-state index >= 15 is 0 Å². The lowest BCUT2D eigenvalue weighted by molar-refractivity contribution is -0.136. The van der Waals surface area contributed by atoms with Gasteiger partial charge in [-0.2, -0.15) is 14.9 Å². The van der Waals surface area contributed by atoms with Crippen molar-refractivity contribution in [3.05, 3.63) is 41.3 Å². The maximum atomic E-state index is 11.8. The van der Waals surface area contributed by atoms with E-state index in [4.69, 9.17) is 16.3 Å². The average molecular weight is 429 g/mol. The summed E-state index contributed by atoms with van der Waals surface area (Å²) in [7, 11) is 1.57. The van der Waals surface area contributed by atoms with E-state index in [9.17, 15) is 4.79 Å². The molecular formula is C21H25ClN6O2. The van der Waals surface area contributed by atoms with Crippen LogP contribution in [0.4, 0.5) is 4.79 Å². The van der Waals surface area contributed by atoms with Gasteiger partial charge in [0.25, 0.3) is 0 Å². The Hall–Kier alpha value is -2.42. The van der Waals surface area contributed by atoms with Crippen molar-refractivity contribution in [2.24, 2.45) is 0 Å². The van der Waals surface area contributed by atoms with Crippen LogP contribution in [0.5, 0.6) is 0 Å². The molecule has 5 rings (SSSR count). The highest BCUT2D eigenvalue weighted by Crippen LogP contribution is 2.38. The average Bonchev–Trinajstić information content (AvgIpc) is 3.37. The summed E-state index contributed by atoms with van der Waals surface area (Å²) in [5.74, 6) is 0.416. The molecule has 0 saturated carbocycles. The van der Waals surface area contributed by atoms with E-state index in [1.165, 1.54) is 10.2 Å². The number of piperidine rings is 1. The van der Waals surface area contributed by atoms with E-state index < -0.39 is 0 Å². The molecule has 0 radical (unpaired) electrons. The van der Waals surface area contributed by atoms with Gasteiger partial charge in [0.2, 0.25) is 0 Å². The third-order valence-corrected chi connectivity index (χ3v) is 6.77. The van der Waals surface area contributed by atoms with Gasteiger partial charge in [0.15, 0.2) is 0 Å². The van der Waals surface area contributed by atoms with Crippen molar-refractivity contribution in [1.29, 1.82) is 0 Å². The molecule has 1 amide bonds. The summed E-state index contributed by atoms with van der Waals surface area (Å²) in [5.41, 5.74) is 3.06. The normalized spacial score (nSPS) is 19.7. The van der Waals surface area contributed by atoms with Crippen LogP contribution in [0.15, 0.2) is 30.7 Å². The summed E-state index contributed by atoms with van der Waals surface area (Å²) < 4.78 is 8.51. The SMILES string of the molecule is CNC(=O)n1cc(-n2ncc3cc(Cl)c(C4CCN(C5(C)COC5)CC4)cc32)cn1. The van der Waals surface area contributed by atoms with E-state index in [1.54, 1.807) is 25.6 Å². The van der Waals surface area contributed by atoms with Crippen LogP contribution in [0.25, 0.3) is 16.6 Å². The number of halogens is 1. The Labute approximate surface area is 179 Å². The second-order valence-electron chi connectivity index (χ2n) is 8.44. The number of aromatic nitrogens is 4. The highest BCUT2D eigenvalue weighted by Gasteiger charge is 2.41. The minimum atomic E-state index is -0.293. The van der Waals surface area contributed by atoms with Crippen molar-refractivity contribution in [3.63, 3.8) is 0 Å². The molecule has 2 aliphatic heterocycles. The molecule has 2 aromatic heterocycles. The van der Waals surface area contributed by atoms with Gasteiger partial charge in [-0.3, -0.25) is 4.90 Å². The molecular weight excluding hydrogens is 404 g/mol. The molecule has 8 nitrogen and oxygen atoms in total. The lowest BCUT2D eigenvalue weighted by Gasteiger charge is -2.50. The van der Waals surface area contributed by atoms with Crippen molar-refractivity contribution in [1.82, 2.24) is 29.8 Å². The standard InChI is InChI=1S/C21H25ClN6O2/c1-21(12-30-13-21)26-5-3-14(4-6-26)17-8-19-15(7-18(17)22)9-25-28(19)16-10-24-27(11-16)20(29)23-2/h7-11,14H,3-6,12-13H2,1-2H3,(H,23,29). The van der Waals surface area contributed by atoms with E-state index in [0.29, 0.717) is 5.92 Å². The van der Waals surface area contributed by atoms with Crippen LogP contribution in [0, 0.1) is 0 Å². The molecule has 1 aromatic carbocycles. The number of fused-ring (bicyclic) bond motifs is 1. The van der Waals surface area contributed by atoms with Gasteiger partial charge in [0.05, 0.1) is 42.9 Å². The molecule has 0 bridgehead atoms. The van der Waals surface area contributed by atoms with Crippen molar-refractivity contribution in [2.75, 3.05) is 33.4 Å². The number of hydrogen-bond donors (Lipinski definition) is 1. The van der Waals surface area contributed by atoms with Crippen molar-refractivity contribution in [3.8, 4) is 5.69 Å². The molecule has 158 valence electrons. The van der Waals surface area contributed by atoms with Crippen LogP contribution in [-0.4, -0.2) is 69.4 Å². The van der Waals surface area contributed by atoms with Gasteiger partial charge in [0, 0.05) is 17.5 Å². The molecule has 9 heteroatoms. The second-order valence-corrected chi connectivity index (χ2v) is 8.85. The largest absolute Gasteiger partial charge is 0.377 e. The zero-order valence-electron chi connectivity index (χ0n) is 17.1. The summed E-state index contributed by atoms with van der Waals surface area (Å²) in [6.07, 6.45) is 7.24. The quantitative estimate of drug-likeness (QED) is 0.693. The van der Waals surface area contributed by atoms with Gasteiger partial charge in [-0.15, -0.1) is 0 Å². The highest BCUT2D eigenvalue weighted by molar-refractivity contribution is 6.32. The van der Waals surface area contributed by atoms with Crippen molar-refractivity contribution in [2.45, 2.75) is 31.2 Å². The Bertz CT molecular complexity index is 1090. The minimum Gasteiger partial charge on any atom is -0.377 e. The van der Waals surface area contributed by atoms with Crippen LogP contribution in [-0.2, 0) is 4.74 Å². The van der Waals surface area contributed by atoms with Gasteiger partial charge < -0.3 is 10.1 Å². The van der Waals surface area contributed by atoms with Gasteiger partial charge in [-0.25, -0.2) is 9.48 Å². The Kier molecular flexibility index (Phi) is 4.80. The lowest BCUT2D eigenvalue weighted by Crippen LogP contribution is -2.61. The number of ether oxygens (including phenoxy) is 1. The van der Waals surface area contributed by atoms with Crippen LogP contribution in [0.2, 0.25) is 5.02 Å². The predicted molar refractivity (Wildman–Crippen MR) is 114 cm³/mol. The number of hydrogen-bond acceptors (Lipinski definition) is 5. The first-order valence-corrected chi connectivity index (χ1v) is 10.6. The third-order valence-electron chi connectivity index (χ3n) is 6.45. The Balaban J connectivity index is 1.43. The molecule has 3 aromatic rings. The molecule has 4 heterocycles. The summed E-state index contributed by atoms with van der Waals surface area (Å²) in [6.45, 7) is 6.04. The fourth-order valence-corrected chi connectivity index (χ4v) is 4.87. The number of benzene rings is 1. The topological polar surface area (TPSA) is 77.2 Å². The molecule has 1 N–H and O–H groups in total. The Morgan fingerprint density at radius 1 is 1.23 bits per heavy atom. The molecule has 2 fully saturated rings. The molecule has 2 saturated heterocycles. The van der Waals surface area contributed by atoms with E-state index in [-0.39, 0.29) is 11.6 Å².